The van der Waals surface area contributed by atoms with Gasteiger partial charge in [0.2, 0.25) is 0 Å². The summed E-state index contributed by atoms with van der Waals surface area (Å²) in [5, 5.41) is 19.9. The molecule has 1 aliphatic heterocycles. The summed E-state index contributed by atoms with van der Waals surface area (Å²) < 4.78 is 50.4. The van der Waals surface area contributed by atoms with Crippen LogP contribution in [0.4, 0.5) is 4.39 Å². The van der Waals surface area contributed by atoms with Gasteiger partial charge in [-0.2, -0.15) is 0 Å². The summed E-state index contributed by atoms with van der Waals surface area (Å²) in [6.07, 6.45) is 3.38. The Morgan fingerprint density at radius 1 is 0.927 bits per heavy atom. The molecule has 3 aromatic carbocycles. The standard InChI is InChI=1S/C32H33FO7S/c33-30-16-22-3-1-2-21-14-25(40-19-32(36)10-12-41(37,38)13-11-32)8-9-26(21)27(22)15-23(30)18-39-24-6-4-20(5-7-24)28-17-29(28)31(34)35/h4-9,14-16,28-29,36H,1-3,10-13,17-19H2,(H,34,35)/t28-,29+/m1/s1. The normalized spacial score (nSPS) is 22.1. The molecule has 7 nitrogen and oxygen atoms in total. The van der Waals surface area contributed by atoms with Gasteiger partial charge in [-0.25, -0.2) is 12.8 Å². The highest BCUT2D eigenvalue weighted by Gasteiger charge is 2.44. The quantitative estimate of drug-likeness (QED) is 0.383. The van der Waals surface area contributed by atoms with Crippen LogP contribution in [0.2, 0.25) is 0 Å². The van der Waals surface area contributed by atoms with Gasteiger partial charge < -0.3 is 19.7 Å². The number of fused-ring (bicyclic) bond motifs is 3. The van der Waals surface area contributed by atoms with E-state index >= 15 is 4.39 Å². The second-order valence-corrected chi connectivity index (χ2v) is 13.9. The average molecular weight is 581 g/mol. The summed E-state index contributed by atoms with van der Waals surface area (Å²) in [5.74, 6) is -0.203. The number of sulfone groups is 1. The third kappa shape index (κ3) is 6.11. The third-order valence-electron chi connectivity index (χ3n) is 8.61. The fourth-order valence-corrected chi connectivity index (χ4v) is 7.50. The number of halogens is 1. The highest BCUT2D eigenvalue weighted by molar-refractivity contribution is 7.91. The number of aliphatic carboxylic acids is 1. The first kappa shape index (κ1) is 27.7. The molecule has 1 saturated carbocycles. The molecule has 3 aromatic rings. The van der Waals surface area contributed by atoms with Gasteiger partial charge >= 0.3 is 5.97 Å². The summed E-state index contributed by atoms with van der Waals surface area (Å²) in [6, 6.07) is 16.6. The number of carbonyl (C=O) groups is 1. The van der Waals surface area contributed by atoms with E-state index in [-0.39, 0.29) is 55.2 Å². The maximum absolute atomic E-state index is 15.1. The van der Waals surface area contributed by atoms with Gasteiger partial charge in [-0.05, 0) is 109 Å². The molecule has 1 heterocycles. The van der Waals surface area contributed by atoms with Crippen molar-refractivity contribution in [3.8, 4) is 22.6 Å². The molecule has 0 radical (unpaired) electrons. The Hall–Kier alpha value is -3.43. The average Bonchev–Trinajstić information content (AvgIpc) is 3.77. The molecule has 0 unspecified atom stereocenters. The van der Waals surface area contributed by atoms with Crippen molar-refractivity contribution in [2.45, 2.75) is 56.7 Å². The minimum Gasteiger partial charge on any atom is -0.491 e. The van der Waals surface area contributed by atoms with Crippen molar-refractivity contribution in [2.75, 3.05) is 18.1 Å². The van der Waals surface area contributed by atoms with Crippen molar-refractivity contribution < 1.29 is 37.3 Å². The summed E-state index contributed by atoms with van der Waals surface area (Å²) >= 11 is 0. The van der Waals surface area contributed by atoms with E-state index in [1.807, 2.05) is 36.4 Å². The van der Waals surface area contributed by atoms with Crippen LogP contribution in [0.3, 0.4) is 0 Å². The molecule has 2 aliphatic carbocycles. The highest BCUT2D eigenvalue weighted by Crippen LogP contribution is 2.47. The Labute approximate surface area is 238 Å². The SMILES string of the molecule is O=C(O)[C@H]1C[C@@H]1c1ccc(OCc2cc3c(cc2F)CCCc2cc(OCC4(O)CCS(=O)(=O)CC4)ccc2-3)cc1. The van der Waals surface area contributed by atoms with Crippen molar-refractivity contribution in [1.82, 2.24) is 0 Å². The lowest BCUT2D eigenvalue weighted by Crippen LogP contribution is -2.43. The van der Waals surface area contributed by atoms with E-state index in [9.17, 15) is 18.3 Å². The largest absolute Gasteiger partial charge is 0.491 e. The van der Waals surface area contributed by atoms with E-state index < -0.39 is 21.4 Å². The van der Waals surface area contributed by atoms with E-state index in [0.717, 1.165) is 47.1 Å². The van der Waals surface area contributed by atoms with Gasteiger partial charge in [0.25, 0.3) is 0 Å². The highest BCUT2D eigenvalue weighted by atomic mass is 32.2. The molecule has 2 atom stereocenters. The number of aliphatic hydroxyl groups is 1. The van der Waals surface area contributed by atoms with Crippen LogP contribution in [0.15, 0.2) is 54.6 Å². The zero-order valence-electron chi connectivity index (χ0n) is 22.6. The smallest absolute Gasteiger partial charge is 0.307 e. The first-order valence-electron chi connectivity index (χ1n) is 14.0. The van der Waals surface area contributed by atoms with Gasteiger partial charge in [-0.1, -0.05) is 18.2 Å². The molecule has 0 bridgehead atoms. The van der Waals surface area contributed by atoms with Gasteiger partial charge in [0, 0.05) is 5.56 Å². The monoisotopic (exact) mass is 580 g/mol. The van der Waals surface area contributed by atoms with Crippen LogP contribution >= 0.6 is 0 Å². The van der Waals surface area contributed by atoms with Gasteiger partial charge in [0.15, 0.2) is 9.84 Å². The summed E-state index contributed by atoms with van der Waals surface area (Å²) in [5.41, 5.74) is 4.26. The molecule has 1 saturated heterocycles. The number of carboxylic acid groups (broad SMARTS) is 1. The zero-order chi connectivity index (χ0) is 28.8. The fraction of sp³-hybridized carbons (Fsp3) is 0.406. The van der Waals surface area contributed by atoms with Crippen molar-refractivity contribution in [2.24, 2.45) is 5.92 Å². The van der Waals surface area contributed by atoms with Crippen molar-refractivity contribution >= 4 is 15.8 Å². The molecule has 9 heteroatoms. The number of benzene rings is 3. The van der Waals surface area contributed by atoms with E-state index in [1.54, 1.807) is 18.2 Å². The van der Waals surface area contributed by atoms with E-state index in [4.69, 9.17) is 14.6 Å². The maximum atomic E-state index is 15.1. The van der Waals surface area contributed by atoms with Gasteiger partial charge in [0.1, 0.15) is 36.1 Å². The molecule has 216 valence electrons. The maximum Gasteiger partial charge on any atom is 0.307 e. The lowest BCUT2D eigenvalue weighted by molar-refractivity contribution is -0.138. The second-order valence-electron chi connectivity index (χ2n) is 11.6. The third-order valence-corrected chi connectivity index (χ3v) is 10.3. The van der Waals surface area contributed by atoms with Crippen molar-refractivity contribution in [3.63, 3.8) is 0 Å². The number of rotatable bonds is 8. The Balaban J connectivity index is 1.15. The molecule has 3 aliphatic rings. The Kier molecular flexibility index (Phi) is 7.28. The molecular formula is C32H33FO7S. The fourth-order valence-electron chi connectivity index (χ4n) is 5.91. The lowest BCUT2D eigenvalue weighted by atomic mass is 9.94. The van der Waals surface area contributed by atoms with E-state index in [0.29, 0.717) is 23.5 Å². The topological polar surface area (TPSA) is 110 Å². The number of hydrogen-bond donors (Lipinski definition) is 2. The van der Waals surface area contributed by atoms with Crippen LogP contribution in [0.25, 0.3) is 11.1 Å². The Bertz CT molecular complexity index is 1570. The minimum absolute atomic E-state index is 0.0323. The molecule has 2 N–H and O–H groups in total. The molecule has 0 aromatic heterocycles. The molecule has 6 rings (SSSR count). The molecule has 0 amide bonds. The van der Waals surface area contributed by atoms with Crippen LogP contribution in [-0.2, 0) is 34.1 Å². The predicted octanol–water partition coefficient (Wildman–Crippen LogP) is 5.07. The Morgan fingerprint density at radius 3 is 2.29 bits per heavy atom. The summed E-state index contributed by atoms with van der Waals surface area (Å²) in [6.45, 7) is 0.0941. The zero-order valence-corrected chi connectivity index (χ0v) is 23.5. The number of aryl methyl sites for hydroxylation is 2. The molecule has 0 spiro atoms. The number of carboxylic acids is 1. The summed E-state index contributed by atoms with van der Waals surface area (Å²) in [4.78, 5) is 11.1. The minimum atomic E-state index is -3.08. The van der Waals surface area contributed by atoms with Crippen LogP contribution in [0.1, 0.15) is 53.9 Å². The van der Waals surface area contributed by atoms with E-state index in [2.05, 4.69) is 0 Å². The molecular weight excluding hydrogens is 547 g/mol. The van der Waals surface area contributed by atoms with Gasteiger partial charge in [-0.15, -0.1) is 0 Å². The van der Waals surface area contributed by atoms with Crippen LogP contribution in [0, 0.1) is 11.7 Å². The van der Waals surface area contributed by atoms with Gasteiger partial charge in [-0.3, -0.25) is 4.79 Å². The predicted molar refractivity (Wildman–Crippen MR) is 151 cm³/mol. The first-order valence-corrected chi connectivity index (χ1v) is 15.9. The number of hydrogen-bond acceptors (Lipinski definition) is 6. The van der Waals surface area contributed by atoms with Crippen LogP contribution in [-0.4, -0.2) is 48.3 Å². The van der Waals surface area contributed by atoms with Crippen LogP contribution < -0.4 is 9.47 Å². The van der Waals surface area contributed by atoms with Gasteiger partial charge in [0.05, 0.1) is 17.4 Å². The van der Waals surface area contributed by atoms with Crippen molar-refractivity contribution in [3.05, 3.63) is 82.7 Å². The van der Waals surface area contributed by atoms with Crippen LogP contribution in [0.5, 0.6) is 11.5 Å². The molecule has 41 heavy (non-hydrogen) atoms. The van der Waals surface area contributed by atoms with E-state index in [1.165, 1.54) is 0 Å². The Morgan fingerprint density at radius 2 is 1.61 bits per heavy atom. The second kappa shape index (κ2) is 10.8. The van der Waals surface area contributed by atoms with Crippen molar-refractivity contribution in [1.29, 1.82) is 0 Å². The lowest BCUT2D eigenvalue weighted by Gasteiger charge is -2.31. The number of ether oxygens (including phenoxy) is 2. The summed E-state index contributed by atoms with van der Waals surface area (Å²) in [7, 11) is -3.08. The molecule has 2 fully saturated rings. The first-order chi connectivity index (χ1) is 19.6.